The number of rotatable bonds is 5. The third-order valence-corrected chi connectivity index (χ3v) is 5.26. The molecule has 5 heteroatoms. The molecule has 1 aromatic rings. The van der Waals surface area contributed by atoms with E-state index in [0.717, 1.165) is 12.5 Å². The third kappa shape index (κ3) is 5.84. The lowest BCUT2D eigenvalue weighted by molar-refractivity contribution is 0.167. The van der Waals surface area contributed by atoms with Gasteiger partial charge in [0.1, 0.15) is 0 Å². The smallest absolute Gasteiger partial charge is 0.191 e. The highest BCUT2D eigenvalue weighted by molar-refractivity contribution is 14.0. The molecule has 1 saturated heterocycles. The first-order chi connectivity index (χ1) is 11.7. The summed E-state index contributed by atoms with van der Waals surface area (Å²) in [6.45, 7) is 9.87. The number of guanidine groups is 1. The topological polar surface area (TPSA) is 39.7 Å². The molecule has 4 nitrogen and oxygen atoms in total. The average molecular weight is 456 g/mol. The monoisotopic (exact) mass is 456 g/mol. The molecule has 25 heavy (non-hydrogen) atoms. The van der Waals surface area contributed by atoms with Crippen LogP contribution in [0.15, 0.2) is 35.3 Å². The Balaban J connectivity index is 0.00000225. The van der Waals surface area contributed by atoms with Crippen LogP contribution in [0.3, 0.4) is 0 Å². The van der Waals surface area contributed by atoms with Gasteiger partial charge in [-0.2, -0.15) is 0 Å². The molecule has 1 heterocycles. The van der Waals surface area contributed by atoms with E-state index in [9.17, 15) is 0 Å². The lowest BCUT2D eigenvalue weighted by Crippen LogP contribution is -2.50. The molecule has 140 valence electrons. The van der Waals surface area contributed by atoms with E-state index >= 15 is 0 Å². The predicted molar refractivity (Wildman–Crippen MR) is 117 cm³/mol. The Morgan fingerprint density at radius 1 is 1.16 bits per heavy atom. The molecule has 0 amide bonds. The summed E-state index contributed by atoms with van der Waals surface area (Å²) >= 11 is 0. The molecule has 0 bridgehead atoms. The number of halogens is 1. The van der Waals surface area contributed by atoms with Crippen molar-refractivity contribution in [2.45, 2.75) is 64.1 Å². The predicted octanol–water partition coefficient (Wildman–Crippen LogP) is 3.59. The van der Waals surface area contributed by atoms with Gasteiger partial charge in [0, 0.05) is 43.7 Å². The second-order valence-corrected chi connectivity index (χ2v) is 7.37. The van der Waals surface area contributed by atoms with Gasteiger partial charge in [-0.25, -0.2) is 0 Å². The zero-order chi connectivity index (χ0) is 16.9. The Bertz CT molecular complexity index is 538. The molecule has 0 aromatic heterocycles. The van der Waals surface area contributed by atoms with Gasteiger partial charge in [0.25, 0.3) is 0 Å². The summed E-state index contributed by atoms with van der Waals surface area (Å²) in [5.74, 6) is 1.64. The first-order valence-corrected chi connectivity index (χ1v) is 9.54. The van der Waals surface area contributed by atoms with E-state index < -0.39 is 0 Å². The van der Waals surface area contributed by atoms with Gasteiger partial charge in [0.15, 0.2) is 5.96 Å². The van der Waals surface area contributed by atoms with Crippen LogP contribution in [-0.4, -0.2) is 48.6 Å². The molecule has 1 aliphatic carbocycles. The van der Waals surface area contributed by atoms with Gasteiger partial charge in [-0.15, -0.1) is 24.0 Å². The van der Waals surface area contributed by atoms with E-state index in [1.807, 2.05) is 0 Å². The van der Waals surface area contributed by atoms with E-state index in [-0.39, 0.29) is 24.0 Å². The fraction of sp³-hybridized carbons (Fsp3) is 0.650. The van der Waals surface area contributed by atoms with Crippen molar-refractivity contribution >= 4 is 29.9 Å². The molecule has 1 aromatic carbocycles. The van der Waals surface area contributed by atoms with Crippen molar-refractivity contribution in [1.82, 2.24) is 15.5 Å². The maximum absolute atomic E-state index is 4.66. The minimum Gasteiger partial charge on any atom is -0.354 e. The molecule has 2 atom stereocenters. The summed E-state index contributed by atoms with van der Waals surface area (Å²) in [5, 5.41) is 7.32. The van der Waals surface area contributed by atoms with Crippen LogP contribution in [0.4, 0.5) is 0 Å². The zero-order valence-electron chi connectivity index (χ0n) is 15.7. The fourth-order valence-electron chi connectivity index (χ4n) is 3.64. The van der Waals surface area contributed by atoms with Crippen LogP contribution < -0.4 is 10.6 Å². The number of nitrogens with zero attached hydrogens (tertiary/aromatic N) is 2. The summed E-state index contributed by atoms with van der Waals surface area (Å²) in [7, 11) is 0. The molecule has 2 N–H and O–H groups in total. The lowest BCUT2D eigenvalue weighted by Gasteiger charge is -2.35. The Labute approximate surface area is 169 Å². The van der Waals surface area contributed by atoms with Gasteiger partial charge in [-0.3, -0.25) is 4.99 Å². The number of aliphatic imine (C=N–C) groups is 1. The molecule has 2 fully saturated rings. The number of benzene rings is 1. The Hall–Kier alpha value is -0.820. The molecule has 3 rings (SSSR count). The molecule has 2 aliphatic rings. The van der Waals surface area contributed by atoms with Gasteiger partial charge in [-0.1, -0.05) is 30.3 Å². The molecular weight excluding hydrogens is 423 g/mol. The normalized spacial score (nSPS) is 24.7. The van der Waals surface area contributed by atoms with Crippen molar-refractivity contribution < 1.29 is 0 Å². The van der Waals surface area contributed by atoms with Gasteiger partial charge in [0.2, 0.25) is 0 Å². The van der Waals surface area contributed by atoms with E-state index in [1.165, 1.54) is 37.9 Å². The van der Waals surface area contributed by atoms with Gasteiger partial charge >= 0.3 is 0 Å². The number of piperidine rings is 1. The minimum atomic E-state index is 0. The third-order valence-electron chi connectivity index (χ3n) is 5.26. The van der Waals surface area contributed by atoms with Crippen molar-refractivity contribution in [3.8, 4) is 0 Å². The van der Waals surface area contributed by atoms with Crippen molar-refractivity contribution in [2.24, 2.45) is 4.99 Å². The number of nitrogens with one attached hydrogen (secondary N) is 2. The summed E-state index contributed by atoms with van der Waals surface area (Å²) in [5.41, 5.74) is 1.44. The maximum atomic E-state index is 4.66. The number of hydrogen-bond acceptors (Lipinski definition) is 2. The Kier molecular flexibility index (Phi) is 8.00. The van der Waals surface area contributed by atoms with Crippen LogP contribution in [0.2, 0.25) is 0 Å². The molecule has 1 saturated carbocycles. The van der Waals surface area contributed by atoms with Crippen LogP contribution in [0, 0.1) is 0 Å². The average Bonchev–Trinajstić information content (AvgIpc) is 3.35. The first-order valence-electron chi connectivity index (χ1n) is 9.54. The quantitative estimate of drug-likeness (QED) is 0.404. The standard InChI is InChI=1S/C20H32N4.HI/c1-4-21-20(22-17-10-12-24(13-11-17)15(2)3)23-19-14-18(19)16-8-6-5-7-9-16;/h5-9,15,17-19H,4,10-14H2,1-3H3,(H2,21,22,23);1H. The van der Waals surface area contributed by atoms with Crippen LogP contribution in [-0.2, 0) is 0 Å². The van der Waals surface area contributed by atoms with Crippen molar-refractivity contribution in [3.05, 3.63) is 35.9 Å². The zero-order valence-corrected chi connectivity index (χ0v) is 18.1. The lowest BCUT2D eigenvalue weighted by atomic mass is 10.0. The second kappa shape index (κ2) is 9.76. The summed E-state index contributed by atoms with van der Waals surface area (Å²) < 4.78 is 0. The summed E-state index contributed by atoms with van der Waals surface area (Å²) in [6.07, 6.45) is 3.62. The molecule has 2 unspecified atom stereocenters. The number of hydrogen-bond donors (Lipinski definition) is 2. The molecule has 0 spiro atoms. The summed E-state index contributed by atoms with van der Waals surface area (Å²) in [4.78, 5) is 7.23. The molecule has 0 radical (unpaired) electrons. The number of likely N-dealkylation sites (tertiary alicyclic amines) is 1. The first kappa shape index (κ1) is 20.5. The van der Waals surface area contributed by atoms with E-state index in [4.69, 9.17) is 0 Å². The van der Waals surface area contributed by atoms with Crippen molar-refractivity contribution in [3.63, 3.8) is 0 Å². The van der Waals surface area contributed by atoms with Crippen LogP contribution in [0.1, 0.15) is 51.5 Å². The van der Waals surface area contributed by atoms with Gasteiger partial charge in [-0.05, 0) is 45.6 Å². The fourth-order valence-corrected chi connectivity index (χ4v) is 3.64. The second-order valence-electron chi connectivity index (χ2n) is 7.37. The van der Waals surface area contributed by atoms with Gasteiger partial charge in [0.05, 0.1) is 0 Å². The van der Waals surface area contributed by atoms with Crippen LogP contribution >= 0.6 is 24.0 Å². The summed E-state index contributed by atoms with van der Waals surface area (Å²) in [6, 6.07) is 12.6. The van der Waals surface area contributed by atoms with Crippen LogP contribution in [0.25, 0.3) is 0 Å². The highest BCUT2D eigenvalue weighted by Gasteiger charge is 2.39. The maximum Gasteiger partial charge on any atom is 0.191 e. The van der Waals surface area contributed by atoms with Crippen molar-refractivity contribution in [1.29, 1.82) is 0 Å². The SMILES string of the molecule is CCN=C(NC1CCN(C(C)C)CC1)NC1CC1c1ccccc1.I. The molecule has 1 aliphatic heterocycles. The van der Waals surface area contributed by atoms with Crippen molar-refractivity contribution in [2.75, 3.05) is 19.6 Å². The largest absolute Gasteiger partial charge is 0.354 e. The van der Waals surface area contributed by atoms with E-state index in [0.29, 0.717) is 24.0 Å². The van der Waals surface area contributed by atoms with Crippen LogP contribution in [0.5, 0.6) is 0 Å². The highest BCUT2D eigenvalue weighted by Crippen LogP contribution is 2.40. The minimum absolute atomic E-state index is 0. The Morgan fingerprint density at radius 3 is 2.44 bits per heavy atom. The molecular formula is C20H33IN4. The van der Waals surface area contributed by atoms with E-state index in [1.54, 1.807) is 0 Å². The van der Waals surface area contributed by atoms with Gasteiger partial charge < -0.3 is 15.5 Å². The Morgan fingerprint density at radius 2 is 1.84 bits per heavy atom. The van der Waals surface area contributed by atoms with E-state index in [2.05, 4.69) is 71.6 Å². The highest BCUT2D eigenvalue weighted by atomic mass is 127.